The van der Waals surface area contributed by atoms with E-state index >= 15 is 0 Å². The molecule has 134 valence electrons. The zero-order valence-corrected chi connectivity index (χ0v) is 14.9. The van der Waals surface area contributed by atoms with Crippen molar-refractivity contribution in [2.45, 2.75) is 39.3 Å². The number of hydrogen-bond acceptors (Lipinski definition) is 3. The normalized spacial score (nSPS) is 20.6. The van der Waals surface area contributed by atoms with Crippen LogP contribution < -0.4 is 5.32 Å². The molecule has 3 rings (SSSR count). The van der Waals surface area contributed by atoms with Crippen LogP contribution in [0.25, 0.3) is 10.9 Å². The number of nitrogens with one attached hydrogen (secondary N) is 2. The van der Waals surface area contributed by atoms with Gasteiger partial charge in [-0.05, 0) is 11.6 Å². The minimum atomic E-state index is -0.641. The predicted octanol–water partition coefficient (Wildman–Crippen LogP) is 1.44. The average Bonchev–Trinajstić information content (AvgIpc) is 3.07. The number of aliphatic hydroxyl groups excluding tert-OH is 1. The number of carbonyl (C=O) groups excluding carboxylic acids is 2. The Hall–Kier alpha value is -2.34. The number of aliphatic hydroxyl groups is 1. The van der Waals surface area contributed by atoms with Crippen molar-refractivity contribution in [2.75, 3.05) is 13.1 Å². The average molecular weight is 343 g/mol. The van der Waals surface area contributed by atoms with Gasteiger partial charge in [0.15, 0.2) is 0 Å². The number of likely N-dealkylation sites (tertiary alicyclic amines) is 1. The highest BCUT2D eigenvalue weighted by atomic mass is 16.3. The maximum absolute atomic E-state index is 13.0. The number of fused-ring (bicyclic) bond motifs is 1. The second-order valence-electron chi connectivity index (χ2n) is 7.54. The second kappa shape index (κ2) is 6.52. The fourth-order valence-electron chi connectivity index (χ4n) is 3.47. The maximum atomic E-state index is 13.0. The summed E-state index contributed by atoms with van der Waals surface area (Å²) in [6.07, 6.45) is 1.74. The fourth-order valence-corrected chi connectivity index (χ4v) is 3.47. The molecule has 1 aliphatic heterocycles. The van der Waals surface area contributed by atoms with E-state index in [2.05, 4.69) is 10.3 Å². The molecular weight excluding hydrogens is 318 g/mol. The van der Waals surface area contributed by atoms with Gasteiger partial charge in [0.05, 0.1) is 6.10 Å². The lowest BCUT2D eigenvalue weighted by molar-refractivity contribution is -0.135. The summed E-state index contributed by atoms with van der Waals surface area (Å²) in [5, 5.41) is 14.0. The molecule has 2 atom stereocenters. The number of aromatic nitrogens is 1. The molecular formula is C19H25N3O3. The summed E-state index contributed by atoms with van der Waals surface area (Å²) in [6.45, 7) is 6.08. The van der Waals surface area contributed by atoms with E-state index in [1.54, 1.807) is 4.90 Å². The number of benzene rings is 1. The van der Waals surface area contributed by atoms with Crippen molar-refractivity contribution in [3.63, 3.8) is 0 Å². The molecule has 2 heterocycles. The van der Waals surface area contributed by atoms with Crippen LogP contribution in [0.1, 0.15) is 26.3 Å². The maximum Gasteiger partial charge on any atom is 0.245 e. The summed E-state index contributed by atoms with van der Waals surface area (Å²) in [5.74, 6) is -0.387. The van der Waals surface area contributed by atoms with E-state index in [-0.39, 0.29) is 17.2 Å². The van der Waals surface area contributed by atoms with Crippen LogP contribution >= 0.6 is 0 Å². The topological polar surface area (TPSA) is 85.4 Å². The van der Waals surface area contributed by atoms with Crippen molar-refractivity contribution in [1.82, 2.24) is 15.2 Å². The molecule has 25 heavy (non-hydrogen) atoms. The zero-order chi connectivity index (χ0) is 18.2. The van der Waals surface area contributed by atoms with Crippen LogP contribution in [0, 0.1) is 5.41 Å². The molecule has 6 nitrogen and oxygen atoms in total. The second-order valence-corrected chi connectivity index (χ2v) is 7.54. The predicted molar refractivity (Wildman–Crippen MR) is 96.0 cm³/mol. The quantitative estimate of drug-likeness (QED) is 0.785. The Morgan fingerprint density at radius 2 is 2.12 bits per heavy atom. The Morgan fingerprint density at radius 1 is 1.40 bits per heavy atom. The molecule has 1 aliphatic rings. The monoisotopic (exact) mass is 343 g/mol. The largest absolute Gasteiger partial charge is 0.391 e. The number of β-amino-alcohol motifs (C(OH)–C–C–N with tert-alkyl or cyclic N) is 1. The Kier molecular flexibility index (Phi) is 4.56. The molecule has 1 saturated heterocycles. The van der Waals surface area contributed by atoms with E-state index < -0.39 is 12.1 Å². The summed E-state index contributed by atoms with van der Waals surface area (Å²) >= 11 is 0. The van der Waals surface area contributed by atoms with E-state index in [0.29, 0.717) is 19.5 Å². The molecule has 0 radical (unpaired) electrons. The van der Waals surface area contributed by atoms with Crippen molar-refractivity contribution in [2.24, 2.45) is 5.41 Å². The molecule has 1 aromatic carbocycles. The van der Waals surface area contributed by atoms with Gasteiger partial charge in [-0.3, -0.25) is 9.59 Å². The first-order valence-corrected chi connectivity index (χ1v) is 8.57. The first-order chi connectivity index (χ1) is 11.8. The number of nitrogens with zero attached hydrogens (tertiary/aromatic N) is 1. The van der Waals surface area contributed by atoms with E-state index in [9.17, 15) is 14.7 Å². The van der Waals surface area contributed by atoms with E-state index in [4.69, 9.17) is 0 Å². The van der Waals surface area contributed by atoms with Crippen molar-refractivity contribution in [1.29, 1.82) is 0 Å². The lowest BCUT2D eigenvalue weighted by atomic mass is 9.90. The van der Waals surface area contributed by atoms with Gasteiger partial charge in [-0.25, -0.2) is 0 Å². The van der Waals surface area contributed by atoms with Gasteiger partial charge >= 0.3 is 0 Å². The smallest absolute Gasteiger partial charge is 0.245 e. The molecule has 0 aliphatic carbocycles. The minimum absolute atomic E-state index is 0.148. The molecule has 2 amide bonds. The van der Waals surface area contributed by atoms with Gasteiger partial charge in [-0.1, -0.05) is 32.0 Å². The van der Waals surface area contributed by atoms with E-state index in [1.807, 2.05) is 44.3 Å². The van der Waals surface area contributed by atoms with Crippen LogP contribution in [0.3, 0.4) is 0 Å². The third kappa shape index (κ3) is 3.54. The Bertz CT molecular complexity index is 796. The number of amides is 2. The van der Waals surface area contributed by atoms with Crippen LogP contribution in [0.4, 0.5) is 0 Å². The Labute approximate surface area is 147 Å². The third-order valence-electron chi connectivity index (χ3n) is 4.98. The SMILES string of the molecule is CC(=O)N[C@@H](Cc1c[nH]c2ccccc12)C(=O)N1CC(O)C(C)(C)C1. The molecule has 1 unspecified atom stereocenters. The van der Waals surface area contributed by atoms with Gasteiger partial charge in [0.1, 0.15) is 6.04 Å². The third-order valence-corrected chi connectivity index (χ3v) is 4.98. The van der Waals surface area contributed by atoms with Crippen LogP contribution in [0.5, 0.6) is 0 Å². The molecule has 0 bridgehead atoms. The number of para-hydroxylation sites is 1. The van der Waals surface area contributed by atoms with Gasteiger partial charge in [0, 0.05) is 48.9 Å². The zero-order valence-electron chi connectivity index (χ0n) is 14.9. The van der Waals surface area contributed by atoms with Gasteiger partial charge in [0.2, 0.25) is 11.8 Å². The molecule has 2 aromatic rings. The van der Waals surface area contributed by atoms with Gasteiger partial charge in [0.25, 0.3) is 0 Å². The van der Waals surface area contributed by atoms with Crippen LogP contribution in [-0.4, -0.2) is 52.0 Å². The number of aromatic amines is 1. The number of rotatable bonds is 4. The molecule has 1 fully saturated rings. The number of H-pyrrole nitrogens is 1. The van der Waals surface area contributed by atoms with Crippen molar-refractivity contribution < 1.29 is 14.7 Å². The summed E-state index contributed by atoms with van der Waals surface area (Å²) in [4.78, 5) is 29.4. The standard InChI is InChI=1S/C19H25N3O3/c1-12(23)21-16(18(25)22-10-17(24)19(2,3)11-22)8-13-9-20-15-7-5-4-6-14(13)15/h4-7,9,16-17,20,24H,8,10-11H2,1-3H3,(H,21,23)/t16-,17?/m0/s1. The fraction of sp³-hybridized carbons (Fsp3) is 0.474. The van der Waals surface area contributed by atoms with Gasteiger partial charge in [-0.15, -0.1) is 0 Å². The first-order valence-electron chi connectivity index (χ1n) is 8.57. The first kappa shape index (κ1) is 17.5. The lowest BCUT2D eigenvalue weighted by Gasteiger charge is -2.25. The minimum Gasteiger partial charge on any atom is -0.391 e. The molecule has 6 heteroatoms. The molecule has 3 N–H and O–H groups in total. The highest BCUT2D eigenvalue weighted by molar-refractivity contribution is 5.89. The summed E-state index contributed by atoms with van der Waals surface area (Å²) in [6, 6.07) is 7.24. The Balaban J connectivity index is 1.82. The summed E-state index contributed by atoms with van der Waals surface area (Å²) in [7, 11) is 0. The van der Waals surface area contributed by atoms with Gasteiger partial charge in [-0.2, -0.15) is 0 Å². The van der Waals surface area contributed by atoms with Crippen molar-refractivity contribution >= 4 is 22.7 Å². The Morgan fingerprint density at radius 3 is 2.76 bits per heavy atom. The van der Waals surface area contributed by atoms with E-state index in [1.165, 1.54) is 6.92 Å². The lowest BCUT2D eigenvalue weighted by Crippen LogP contribution is -2.49. The van der Waals surface area contributed by atoms with Gasteiger partial charge < -0.3 is 20.3 Å². The molecule has 0 spiro atoms. The van der Waals surface area contributed by atoms with Crippen LogP contribution in [0.2, 0.25) is 0 Å². The molecule has 0 saturated carbocycles. The van der Waals surface area contributed by atoms with Crippen LogP contribution in [0.15, 0.2) is 30.5 Å². The summed E-state index contributed by atoms with van der Waals surface area (Å²) < 4.78 is 0. The number of hydrogen-bond donors (Lipinski definition) is 3. The highest BCUT2D eigenvalue weighted by Crippen LogP contribution is 2.30. The number of carbonyl (C=O) groups is 2. The van der Waals surface area contributed by atoms with E-state index in [0.717, 1.165) is 16.5 Å². The van der Waals surface area contributed by atoms with Crippen molar-refractivity contribution in [3.8, 4) is 0 Å². The van der Waals surface area contributed by atoms with Crippen LogP contribution in [-0.2, 0) is 16.0 Å². The summed E-state index contributed by atoms with van der Waals surface area (Å²) in [5.41, 5.74) is 1.66. The molecule has 1 aromatic heterocycles. The highest BCUT2D eigenvalue weighted by Gasteiger charge is 2.42. The van der Waals surface area contributed by atoms with Crippen molar-refractivity contribution in [3.05, 3.63) is 36.0 Å².